The van der Waals surface area contributed by atoms with Gasteiger partial charge < -0.3 is 5.32 Å². The molecule has 0 fully saturated rings. The average Bonchev–Trinajstić information content (AvgIpc) is 3.21. The number of benzene rings is 4. The summed E-state index contributed by atoms with van der Waals surface area (Å²) in [6.07, 6.45) is 0. The Morgan fingerprint density at radius 1 is 0.939 bits per heavy atom. The first-order valence-electron chi connectivity index (χ1n) is 9.90. The van der Waals surface area contributed by atoms with Crippen LogP contribution in [-0.4, -0.2) is 26.0 Å². The molecule has 0 spiro atoms. The van der Waals surface area contributed by atoms with E-state index in [-0.39, 0.29) is 15.7 Å². The fraction of sp³-hybridized carbons (Fsp3) is 0. The molecule has 1 aromatic heterocycles. The smallest absolute Gasteiger partial charge is 0.258 e. The van der Waals surface area contributed by atoms with Crippen molar-refractivity contribution in [3.63, 3.8) is 0 Å². The van der Waals surface area contributed by atoms with E-state index in [0.717, 1.165) is 28.6 Å². The highest BCUT2D eigenvalue weighted by Crippen LogP contribution is 2.23. The van der Waals surface area contributed by atoms with Crippen LogP contribution in [0.15, 0.2) is 78.9 Å². The van der Waals surface area contributed by atoms with Gasteiger partial charge in [0.15, 0.2) is 5.11 Å². The third kappa shape index (κ3) is 4.26. The van der Waals surface area contributed by atoms with Gasteiger partial charge in [-0.05, 0) is 60.1 Å². The van der Waals surface area contributed by atoms with Crippen LogP contribution in [0.1, 0.15) is 10.4 Å². The van der Waals surface area contributed by atoms with Crippen LogP contribution < -0.4 is 10.6 Å². The number of nitrogens with zero attached hydrogens (tertiary/aromatic N) is 3. The van der Waals surface area contributed by atoms with E-state index < -0.39 is 11.7 Å². The van der Waals surface area contributed by atoms with Gasteiger partial charge in [-0.3, -0.25) is 10.1 Å². The topological polar surface area (TPSA) is 71.8 Å². The zero-order valence-electron chi connectivity index (χ0n) is 16.9. The lowest BCUT2D eigenvalue weighted by Crippen LogP contribution is -2.34. The quantitative estimate of drug-likeness (QED) is 0.337. The van der Waals surface area contributed by atoms with Crippen LogP contribution >= 0.6 is 23.8 Å². The monoisotopic (exact) mass is 475 g/mol. The summed E-state index contributed by atoms with van der Waals surface area (Å²) < 4.78 is 13.2. The summed E-state index contributed by atoms with van der Waals surface area (Å²) in [6, 6.07) is 22.9. The SMILES string of the molecule is O=C(NC(=S)Nc1ccc2nn(-c3cccc4ccccc34)nc2c1)c1ccc(F)cc1Cl. The van der Waals surface area contributed by atoms with Crippen LogP contribution in [0.5, 0.6) is 0 Å². The van der Waals surface area contributed by atoms with Gasteiger partial charge in [0.2, 0.25) is 0 Å². The zero-order chi connectivity index (χ0) is 22.9. The van der Waals surface area contributed by atoms with Crippen LogP contribution in [0.2, 0.25) is 5.02 Å². The fourth-order valence-corrected chi connectivity index (χ4v) is 3.95. The molecule has 0 aliphatic rings. The van der Waals surface area contributed by atoms with Crippen LogP contribution in [-0.2, 0) is 0 Å². The number of halogens is 2. The Hall–Kier alpha value is -3.88. The number of hydrogen-bond donors (Lipinski definition) is 2. The van der Waals surface area contributed by atoms with Crippen molar-refractivity contribution in [1.82, 2.24) is 20.3 Å². The van der Waals surface area contributed by atoms with Gasteiger partial charge >= 0.3 is 0 Å². The van der Waals surface area contributed by atoms with E-state index in [9.17, 15) is 9.18 Å². The lowest BCUT2D eigenvalue weighted by molar-refractivity contribution is 0.0978. The molecule has 0 saturated carbocycles. The van der Waals surface area contributed by atoms with Crippen molar-refractivity contribution in [3.05, 3.63) is 95.3 Å². The van der Waals surface area contributed by atoms with Crippen LogP contribution in [0.3, 0.4) is 0 Å². The standard InChI is InChI=1S/C24H15ClFN5OS/c25-19-12-15(26)8-10-18(19)23(32)28-24(33)27-16-9-11-20-21(13-16)30-31(29-20)22-7-3-5-14-4-1-2-6-17(14)22/h1-13H,(H2,27,28,32,33). The first-order valence-corrected chi connectivity index (χ1v) is 10.7. The molecule has 9 heteroatoms. The van der Waals surface area contributed by atoms with Crippen molar-refractivity contribution < 1.29 is 9.18 Å². The van der Waals surface area contributed by atoms with E-state index in [1.165, 1.54) is 6.07 Å². The minimum atomic E-state index is -0.541. The molecule has 0 unspecified atom stereocenters. The van der Waals surface area contributed by atoms with Crippen molar-refractivity contribution in [3.8, 4) is 5.69 Å². The van der Waals surface area contributed by atoms with E-state index in [0.29, 0.717) is 16.7 Å². The number of aromatic nitrogens is 3. The largest absolute Gasteiger partial charge is 0.332 e. The Balaban J connectivity index is 1.36. The third-order valence-electron chi connectivity index (χ3n) is 5.02. The van der Waals surface area contributed by atoms with Gasteiger partial charge in [0, 0.05) is 11.1 Å². The number of fused-ring (bicyclic) bond motifs is 2. The van der Waals surface area contributed by atoms with Gasteiger partial charge in [-0.15, -0.1) is 15.0 Å². The number of carbonyl (C=O) groups is 1. The maximum Gasteiger partial charge on any atom is 0.258 e. The number of thiocarbonyl (C=S) groups is 1. The number of amides is 1. The molecule has 6 nitrogen and oxygen atoms in total. The van der Waals surface area contributed by atoms with Crippen LogP contribution in [0.25, 0.3) is 27.5 Å². The van der Waals surface area contributed by atoms with Crippen LogP contribution in [0.4, 0.5) is 10.1 Å². The van der Waals surface area contributed by atoms with E-state index >= 15 is 0 Å². The van der Waals surface area contributed by atoms with Gasteiger partial charge in [-0.1, -0.05) is 48.0 Å². The van der Waals surface area contributed by atoms with Crippen molar-refractivity contribution in [2.24, 2.45) is 0 Å². The molecule has 1 heterocycles. The van der Waals surface area contributed by atoms with E-state index in [2.05, 4.69) is 20.8 Å². The Kier molecular flexibility index (Phi) is 5.45. The van der Waals surface area contributed by atoms with Crippen molar-refractivity contribution >= 4 is 62.3 Å². The molecule has 0 bridgehead atoms. The summed E-state index contributed by atoms with van der Waals surface area (Å²) >= 11 is 11.2. The highest BCUT2D eigenvalue weighted by Gasteiger charge is 2.13. The number of carbonyl (C=O) groups excluding carboxylic acids is 1. The molecule has 0 atom stereocenters. The summed E-state index contributed by atoms with van der Waals surface area (Å²) in [6.45, 7) is 0. The van der Waals surface area contributed by atoms with Crippen molar-refractivity contribution in [1.29, 1.82) is 0 Å². The molecule has 33 heavy (non-hydrogen) atoms. The maximum absolute atomic E-state index is 13.2. The number of anilines is 1. The predicted octanol–water partition coefficient (Wildman–Crippen LogP) is 5.49. The van der Waals surface area contributed by atoms with E-state index in [1.54, 1.807) is 16.9 Å². The molecular formula is C24H15ClFN5OS. The lowest BCUT2D eigenvalue weighted by Gasteiger charge is -2.10. The van der Waals surface area contributed by atoms with Gasteiger partial charge in [0.25, 0.3) is 5.91 Å². The molecule has 0 aliphatic heterocycles. The molecule has 2 N–H and O–H groups in total. The Morgan fingerprint density at radius 3 is 2.58 bits per heavy atom. The minimum absolute atomic E-state index is 0.00164. The number of nitrogens with one attached hydrogen (secondary N) is 2. The molecule has 0 radical (unpaired) electrons. The molecule has 162 valence electrons. The zero-order valence-corrected chi connectivity index (χ0v) is 18.5. The molecule has 4 aromatic carbocycles. The first kappa shape index (κ1) is 21.0. The number of hydrogen-bond acceptors (Lipinski definition) is 4. The number of rotatable bonds is 3. The second-order valence-electron chi connectivity index (χ2n) is 7.22. The summed E-state index contributed by atoms with van der Waals surface area (Å²) in [7, 11) is 0. The molecular weight excluding hydrogens is 461 g/mol. The highest BCUT2D eigenvalue weighted by atomic mass is 35.5. The Morgan fingerprint density at radius 2 is 1.73 bits per heavy atom. The molecule has 5 rings (SSSR count). The van der Waals surface area contributed by atoms with Gasteiger partial charge in [0.1, 0.15) is 16.9 Å². The molecule has 1 amide bonds. The summed E-state index contributed by atoms with van der Waals surface area (Å²) in [5, 5.41) is 16.9. The first-order chi connectivity index (χ1) is 16.0. The van der Waals surface area contributed by atoms with Gasteiger partial charge in [-0.2, -0.15) is 0 Å². The van der Waals surface area contributed by atoms with Gasteiger partial charge in [0.05, 0.1) is 16.3 Å². The Bertz CT molecular complexity index is 1550. The molecule has 5 aromatic rings. The summed E-state index contributed by atoms with van der Waals surface area (Å²) in [5.74, 6) is -1.07. The van der Waals surface area contributed by atoms with E-state index in [1.807, 2.05) is 48.5 Å². The minimum Gasteiger partial charge on any atom is -0.332 e. The predicted molar refractivity (Wildman–Crippen MR) is 131 cm³/mol. The normalized spacial score (nSPS) is 11.0. The Labute approximate surface area is 198 Å². The lowest BCUT2D eigenvalue weighted by atomic mass is 10.1. The highest BCUT2D eigenvalue weighted by molar-refractivity contribution is 7.80. The van der Waals surface area contributed by atoms with E-state index in [4.69, 9.17) is 23.8 Å². The molecule has 0 aliphatic carbocycles. The van der Waals surface area contributed by atoms with Gasteiger partial charge in [-0.25, -0.2) is 4.39 Å². The summed E-state index contributed by atoms with van der Waals surface area (Å²) in [5.41, 5.74) is 2.99. The van der Waals surface area contributed by atoms with Crippen LogP contribution in [0, 0.1) is 5.82 Å². The third-order valence-corrected chi connectivity index (χ3v) is 5.54. The fourth-order valence-electron chi connectivity index (χ4n) is 3.49. The maximum atomic E-state index is 13.2. The second-order valence-corrected chi connectivity index (χ2v) is 8.04. The second kappa shape index (κ2) is 8.57. The molecule has 0 saturated heterocycles. The van der Waals surface area contributed by atoms with Crippen molar-refractivity contribution in [2.75, 3.05) is 5.32 Å². The average molecular weight is 476 g/mol. The van der Waals surface area contributed by atoms with Crippen molar-refractivity contribution in [2.45, 2.75) is 0 Å². The summed E-state index contributed by atoms with van der Waals surface area (Å²) in [4.78, 5) is 14.0.